The molecule has 1 aliphatic heterocycles. The molecule has 1 aromatic carbocycles. The molecule has 1 aromatic rings. The van der Waals surface area contributed by atoms with Crippen LogP contribution in [0.1, 0.15) is 18.9 Å². The van der Waals surface area contributed by atoms with E-state index >= 15 is 0 Å². The maximum Gasteiger partial charge on any atom is 0.257 e. The predicted molar refractivity (Wildman–Crippen MR) is 67.5 cm³/mol. The Hall–Kier alpha value is -1.93. The summed E-state index contributed by atoms with van der Waals surface area (Å²) in [4.78, 5) is 23.9. The van der Waals surface area contributed by atoms with Crippen molar-refractivity contribution in [1.82, 2.24) is 10.3 Å². The molecule has 0 atom stereocenters. The van der Waals surface area contributed by atoms with Crippen molar-refractivity contribution in [3.05, 3.63) is 23.8 Å². The number of amides is 2. The van der Waals surface area contributed by atoms with Gasteiger partial charge >= 0.3 is 0 Å². The van der Waals surface area contributed by atoms with Crippen LogP contribution in [-0.2, 0) is 26.0 Å². The Morgan fingerprint density at radius 1 is 1.32 bits per heavy atom. The van der Waals surface area contributed by atoms with E-state index in [1.807, 2.05) is 10.3 Å². The van der Waals surface area contributed by atoms with E-state index in [1.165, 1.54) is 25.1 Å². The van der Waals surface area contributed by atoms with Crippen LogP contribution >= 0.6 is 0 Å². The van der Waals surface area contributed by atoms with Crippen molar-refractivity contribution in [3.63, 3.8) is 0 Å². The molecule has 102 valence electrons. The minimum atomic E-state index is -3.80. The van der Waals surface area contributed by atoms with Gasteiger partial charge in [0.05, 0.1) is 4.90 Å². The molecule has 0 unspecified atom stereocenters. The first kappa shape index (κ1) is 13.5. The highest BCUT2D eigenvalue weighted by molar-refractivity contribution is 7.89. The number of aryl methyl sites for hydroxylation is 1. The zero-order chi connectivity index (χ0) is 14.0. The van der Waals surface area contributed by atoms with E-state index in [0.717, 1.165) is 5.56 Å². The molecule has 0 bridgehead atoms. The number of carbonyl (C=O) groups excluding carboxylic acids is 2. The third-order valence-corrected chi connectivity index (χ3v) is 3.89. The summed E-state index contributed by atoms with van der Waals surface area (Å²) in [7, 11) is -3.80. The Kier molecular flexibility index (Phi) is 3.54. The average molecular weight is 283 g/mol. The lowest BCUT2D eigenvalue weighted by atomic mass is 10.0. The molecule has 2 amide bonds. The maximum absolute atomic E-state index is 11.9. The molecule has 8 heteroatoms. The van der Waals surface area contributed by atoms with Gasteiger partial charge in [0.25, 0.3) is 10.0 Å². The first-order valence-electron chi connectivity index (χ1n) is 5.59. The standard InChI is InChI=1S/C11H13N3O4S/c1-7(15)13-14-19(17,18)9-3-4-10-8(6-9)2-5-11(16)12-10/h3-4,6,14H,2,5H2,1H3,(H,12,16)(H,13,15). The van der Waals surface area contributed by atoms with Crippen LogP contribution in [0.2, 0.25) is 0 Å². The van der Waals surface area contributed by atoms with Crippen molar-refractivity contribution in [2.24, 2.45) is 0 Å². The van der Waals surface area contributed by atoms with Crippen molar-refractivity contribution in [1.29, 1.82) is 0 Å². The Balaban J connectivity index is 2.27. The molecule has 0 spiro atoms. The number of benzene rings is 1. The molecule has 0 aromatic heterocycles. The molecule has 0 saturated carbocycles. The highest BCUT2D eigenvalue weighted by Crippen LogP contribution is 2.25. The molecule has 2 rings (SSSR count). The van der Waals surface area contributed by atoms with Gasteiger partial charge in [-0.05, 0) is 30.2 Å². The second kappa shape index (κ2) is 4.98. The molecule has 1 heterocycles. The van der Waals surface area contributed by atoms with Gasteiger partial charge in [-0.25, -0.2) is 8.42 Å². The predicted octanol–water partition coefficient (Wildman–Crippen LogP) is -0.0993. The quantitative estimate of drug-likeness (QED) is 0.674. The van der Waals surface area contributed by atoms with Crippen LogP contribution in [0.5, 0.6) is 0 Å². The van der Waals surface area contributed by atoms with Crippen molar-refractivity contribution in [2.75, 3.05) is 5.32 Å². The van der Waals surface area contributed by atoms with Crippen molar-refractivity contribution in [2.45, 2.75) is 24.7 Å². The van der Waals surface area contributed by atoms with Gasteiger partial charge in [-0.3, -0.25) is 15.0 Å². The van der Waals surface area contributed by atoms with Crippen LogP contribution in [0.3, 0.4) is 0 Å². The van der Waals surface area contributed by atoms with Crippen LogP contribution in [0.25, 0.3) is 0 Å². The Morgan fingerprint density at radius 2 is 2.05 bits per heavy atom. The average Bonchev–Trinajstić information content (AvgIpc) is 2.36. The molecule has 3 N–H and O–H groups in total. The summed E-state index contributed by atoms with van der Waals surface area (Å²) >= 11 is 0. The van der Waals surface area contributed by atoms with Gasteiger partial charge in [0, 0.05) is 19.0 Å². The number of carbonyl (C=O) groups is 2. The first-order valence-corrected chi connectivity index (χ1v) is 7.08. The third kappa shape index (κ3) is 3.09. The normalized spacial score (nSPS) is 14.5. The van der Waals surface area contributed by atoms with Crippen LogP contribution in [-0.4, -0.2) is 20.2 Å². The summed E-state index contributed by atoms with van der Waals surface area (Å²) in [6, 6.07) is 4.39. The zero-order valence-electron chi connectivity index (χ0n) is 10.2. The van der Waals surface area contributed by atoms with E-state index in [1.54, 1.807) is 0 Å². The second-order valence-electron chi connectivity index (χ2n) is 4.15. The van der Waals surface area contributed by atoms with E-state index in [-0.39, 0.29) is 10.8 Å². The van der Waals surface area contributed by atoms with E-state index in [2.05, 4.69) is 5.32 Å². The number of rotatable bonds is 3. The second-order valence-corrected chi connectivity index (χ2v) is 5.84. The van der Waals surface area contributed by atoms with Crippen LogP contribution in [0, 0.1) is 0 Å². The van der Waals surface area contributed by atoms with Gasteiger partial charge in [0.15, 0.2) is 0 Å². The summed E-state index contributed by atoms with van der Waals surface area (Å²) < 4.78 is 23.7. The summed E-state index contributed by atoms with van der Waals surface area (Å²) in [5.74, 6) is -0.590. The SMILES string of the molecule is CC(=O)NNS(=O)(=O)c1ccc2c(c1)CCC(=O)N2. The molecule has 7 nitrogen and oxygen atoms in total. The minimum absolute atomic E-state index is 0.0381. The number of hydrogen-bond acceptors (Lipinski definition) is 4. The largest absolute Gasteiger partial charge is 0.326 e. The number of hydrogen-bond donors (Lipinski definition) is 3. The monoisotopic (exact) mass is 283 g/mol. The molecule has 1 aliphatic rings. The maximum atomic E-state index is 11.9. The lowest BCUT2D eigenvalue weighted by molar-refractivity contribution is -0.119. The van der Waals surface area contributed by atoms with Crippen LogP contribution < -0.4 is 15.6 Å². The molecule has 0 fully saturated rings. The molecular formula is C11H13N3O4S. The van der Waals surface area contributed by atoms with Crippen LogP contribution in [0.15, 0.2) is 23.1 Å². The summed E-state index contributed by atoms with van der Waals surface area (Å²) in [5, 5.41) is 2.66. The van der Waals surface area contributed by atoms with E-state index in [9.17, 15) is 18.0 Å². The Bertz CT molecular complexity index is 639. The highest BCUT2D eigenvalue weighted by atomic mass is 32.2. The smallest absolute Gasteiger partial charge is 0.257 e. The molecule has 0 saturated heterocycles. The Morgan fingerprint density at radius 3 is 2.74 bits per heavy atom. The lowest BCUT2D eigenvalue weighted by Gasteiger charge is -2.17. The summed E-state index contributed by atoms with van der Waals surface area (Å²) in [6.45, 7) is 1.20. The minimum Gasteiger partial charge on any atom is -0.326 e. The highest BCUT2D eigenvalue weighted by Gasteiger charge is 2.19. The lowest BCUT2D eigenvalue weighted by Crippen LogP contribution is -2.40. The number of hydrazine groups is 1. The number of fused-ring (bicyclic) bond motifs is 1. The number of nitrogens with one attached hydrogen (secondary N) is 3. The molecule has 0 radical (unpaired) electrons. The van der Waals surface area contributed by atoms with Gasteiger partial charge in [-0.15, -0.1) is 4.83 Å². The Labute approximate surface area is 110 Å². The van der Waals surface area contributed by atoms with Crippen molar-refractivity contribution < 1.29 is 18.0 Å². The number of anilines is 1. The third-order valence-electron chi connectivity index (χ3n) is 2.64. The van der Waals surface area contributed by atoms with Gasteiger partial charge in [0.2, 0.25) is 11.8 Å². The number of sulfonamides is 1. The van der Waals surface area contributed by atoms with Gasteiger partial charge < -0.3 is 5.32 Å². The molecule has 19 heavy (non-hydrogen) atoms. The van der Waals surface area contributed by atoms with Gasteiger partial charge in [-0.1, -0.05) is 0 Å². The topological polar surface area (TPSA) is 104 Å². The fourth-order valence-corrected chi connectivity index (χ4v) is 2.67. The molecule has 0 aliphatic carbocycles. The van der Waals surface area contributed by atoms with E-state index in [4.69, 9.17) is 0 Å². The fraction of sp³-hybridized carbons (Fsp3) is 0.273. The van der Waals surface area contributed by atoms with Gasteiger partial charge in [0.1, 0.15) is 0 Å². The van der Waals surface area contributed by atoms with E-state index in [0.29, 0.717) is 18.5 Å². The van der Waals surface area contributed by atoms with Crippen molar-refractivity contribution >= 4 is 27.5 Å². The summed E-state index contributed by atoms with van der Waals surface area (Å²) in [5.41, 5.74) is 3.40. The molecular weight excluding hydrogens is 270 g/mol. The summed E-state index contributed by atoms with van der Waals surface area (Å²) in [6.07, 6.45) is 0.820. The zero-order valence-corrected chi connectivity index (χ0v) is 11.0. The van der Waals surface area contributed by atoms with Crippen molar-refractivity contribution in [3.8, 4) is 0 Å². The van der Waals surface area contributed by atoms with E-state index < -0.39 is 15.9 Å². The first-order chi connectivity index (χ1) is 8.88. The fourth-order valence-electron chi connectivity index (χ4n) is 1.72. The van der Waals surface area contributed by atoms with Crippen LogP contribution in [0.4, 0.5) is 5.69 Å². The van der Waals surface area contributed by atoms with Gasteiger partial charge in [-0.2, -0.15) is 0 Å².